The molecule has 0 atom stereocenters. The Bertz CT molecular complexity index is 633. The van der Waals surface area contributed by atoms with E-state index in [4.69, 9.17) is 9.84 Å². The molecule has 0 spiro atoms. The number of carboxylic acids is 1. The molecule has 2 rings (SSSR count). The summed E-state index contributed by atoms with van der Waals surface area (Å²) in [6, 6.07) is 11.3. The largest absolute Gasteiger partial charge is 0.573 e. The molecule has 0 saturated heterocycles. The van der Waals surface area contributed by atoms with Gasteiger partial charge in [-0.15, -0.1) is 13.2 Å². The fraction of sp³-hybridized carbons (Fsp3) is 0.133. The number of ether oxygens (including phenoxy) is 2. The van der Waals surface area contributed by atoms with E-state index in [9.17, 15) is 18.0 Å². The van der Waals surface area contributed by atoms with E-state index in [1.54, 1.807) is 24.3 Å². The van der Waals surface area contributed by atoms with Gasteiger partial charge in [0.05, 0.1) is 6.42 Å². The maximum absolute atomic E-state index is 12.0. The van der Waals surface area contributed by atoms with Gasteiger partial charge in [-0.1, -0.05) is 12.1 Å². The van der Waals surface area contributed by atoms with E-state index in [1.807, 2.05) is 0 Å². The maximum Gasteiger partial charge on any atom is 0.573 e. The third-order valence-electron chi connectivity index (χ3n) is 2.57. The molecule has 7 heteroatoms. The van der Waals surface area contributed by atoms with E-state index >= 15 is 0 Å². The summed E-state index contributed by atoms with van der Waals surface area (Å²) in [7, 11) is 0. The normalized spacial score (nSPS) is 11.0. The molecule has 2 aromatic rings. The Labute approximate surface area is 123 Å². The standard InChI is InChI=1S/C15H11F3O4/c16-15(17,18)22-13-7-5-12(6-8-13)21-11-3-1-10(2-4-11)9-14(19)20/h1-8H,9H2,(H,19,20). The smallest absolute Gasteiger partial charge is 0.481 e. The molecule has 0 aliphatic rings. The van der Waals surface area contributed by atoms with Crippen molar-refractivity contribution in [3.63, 3.8) is 0 Å². The van der Waals surface area contributed by atoms with Gasteiger partial charge < -0.3 is 14.6 Å². The van der Waals surface area contributed by atoms with Gasteiger partial charge in [0.25, 0.3) is 0 Å². The fourth-order valence-corrected chi connectivity index (χ4v) is 1.70. The highest BCUT2D eigenvalue weighted by Gasteiger charge is 2.30. The summed E-state index contributed by atoms with van der Waals surface area (Å²) in [6.07, 6.45) is -4.83. The van der Waals surface area contributed by atoms with E-state index in [0.29, 0.717) is 17.1 Å². The summed E-state index contributed by atoms with van der Waals surface area (Å²) >= 11 is 0. The second-order valence-electron chi connectivity index (χ2n) is 4.34. The van der Waals surface area contributed by atoms with Crippen LogP contribution < -0.4 is 9.47 Å². The number of rotatable bonds is 5. The molecule has 4 nitrogen and oxygen atoms in total. The molecule has 0 aliphatic heterocycles. The van der Waals surface area contributed by atoms with E-state index in [1.165, 1.54) is 12.1 Å². The predicted octanol–water partition coefficient (Wildman–Crippen LogP) is 4.00. The Hall–Kier alpha value is -2.70. The zero-order chi connectivity index (χ0) is 16.2. The summed E-state index contributed by atoms with van der Waals surface area (Å²) in [5, 5.41) is 8.65. The molecule has 0 saturated carbocycles. The van der Waals surface area contributed by atoms with Crippen LogP contribution in [0.4, 0.5) is 13.2 Å². The Morgan fingerprint density at radius 1 is 0.909 bits per heavy atom. The molecule has 0 bridgehead atoms. The van der Waals surface area contributed by atoms with Crippen LogP contribution in [0.25, 0.3) is 0 Å². The molecule has 0 unspecified atom stereocenters. The van der Waals surface area contributed by atoms with Gasteiger partial charge in [0.15, 0.2) is 0 Å². The lowest BCUT2D eigenvalue weighted by Gasteiger charge is -2.10. The fourth-order valence-electron chi connectivity index (χ4n) is 1.70. The lowest BCUT2D eigenvalue weighted by molar-refractivity contribution is -0.274. The van der Waals surface area contributed by atoms with Crippen LogP contribution in [0.5, 0.6) is 17.2 Å². The summed E-state index contributed by atoms with van der Waals surface area (Å²) < 4.78 is 45.3. The average Bonchev–Trinajstić information content (AvgIpc) is 2.41. The molecule has 0 fully saturated rings. The summed E-state index contributed by atoms with van der Waals surface area (Å²) in [4.78, 5) is 10.6. The number of carbonyl (C=O) groups is 1. The van der Waals surface area contributed by atoms with E-state index in [0.717, 1.165) is 12.1 Å². The van der Waals surface area contributed by atoms with E-state index in [2.05, 4.69) is 4.74 Å². The van der Waals surface area contributed by atoms with E-state index in [-0.39, 0.29) is 12.2 Å². The molecule has 0 aliphatic carbocycles. The third-order valence-corrected chi connectivity index (χ3v) is 2.57. The Morgan fingerprint density at radius 2 is 1.36 bits per heavy atom. The summed E-state index contributed by atoms with van der Waals surface area (Å²) in [5.41, 5.74) is 0.619. The summed E-state index contributed by atoms with van der Waals surface area (Å²) in [6.45, 7) is 0. The quantitative estimate of drug-likeness (QED) is 0.906. The first kappa shape index (κ1) is 15.7. The molecule has 22 heavy (non-hydrogen) atoms. The van der Waals surface area contributed by atoms with Gasteiger partial charge in [0, 0.05) is 0 Å². The number of alkyl halides is 3. The van der Waals surface area contributed by atoms with Gasteiger partial charge in [0.2, 0.25) is 0 Å². The Morgan fingerprint density at radius 3 is 1.82 bits per heavy atom. The van der Waals surface area contributed by atoms with E-state index < -0.39 is 12.3 Å². The number of halogens is 3. The van der Waals surface area contributed by atoms with Crippen molar-refractivity contribution in [3.05, 3.63) is 54.1 Å². The van der Waals surface area contributed by atoms with Crippen molar-refractivity contribution in [3.8, 4) is 17.2 Å². The maximum atomic E-state index is 12.0. The van der Waals surface area contributed by atoms with Crippen molar-refractivity contribution >= 4 is 5.97 Å². The van der Waals surface area contributed by atoms with Gasteiger partial charge in [-0.25, -0.2) is 0 Å². The lowest BCUT2D eigenvalue weighted by atomic mass is 10.1. The summed E-state index contributed by atoms with van der Waals surface area (Å²) in [5.74, 6) is -0.496. The van der Waals surface area contributed by atoms with Crippen molar-refractivity contribution in [1.82, 2.24) is 0 Å². The first-order valence-corrected chi connectivity index (χ1v) is 6.16. The van der Waals surface area contributed by atoms with Crippen LogP contribution in [0.3, 0.4) is 0 Å². The molecular formula is C15H11F3O4. The number of aliphatic carboxylic acids is 1. The molecule has 0 radical (unpaired) electrons. The second kappa shape index (κ2) is 6.38. The minimum atomic E-state index is -4.73. The van der Waals surface area contributed by atoms with Crippen LogP contribution in [0.2, 0.25) is 0 Å². The van der Waals surface area contributed by atoms with Crippen molar-refractivity contribution in [2.75, 3.05) is 0 Å². The highest BCUT2D eigenvalue weighted by molar-refractivity contribution is 5.70. The first-order chi connectivity index (χ1) is 10.3. The SMILES string of the molecule is O=C(O)Cc1ccc(Oc2ccc(OC(F)(F)F)cc2)cc1. The van der Waals surface area contributed by atoms with Gasteiger partial charge >= 0.3 is 12.3 Å². The van der Waals surface area contributed by atoms with Crippen LogP contribution in [0, 0.1) is 0 Å². The number of benzene rings is 2. The van der Waals surface area contributed by atoms with Crippen molar-refractivity contribution in [1.29, 1.82) is 0 Å². The minimum Gasteiger partial charge on any atom is -0.481 e. The van der Waals surface area contributed by atoms with Gasteiger partial charge in [-0.3, -0.25) is 4.79 Å². The van der Waals surface area contributed by atoms with Crippen molar-refractivity contribution in [2.45, 2.75) is 12.8 Å². The molecule has 0 heterocycles. The number of hydrogen-bond donors (Lipinski definition) is 1. The van der Waals surface area contributed by atoms with Crippen LogP contribution >= 0.6 is 0 Å². The zero-order valence-electron chi connectivity index (χ0n) is 11.1. The van der Waals surface area contributed by atoms with Crippen LogP contribution in [0.15, 0.2) is 48.5 Å². The minimum absolute atomic E-state index is 0.0935. The van der Waals surface area contributed by atoms with Gasteiger partial charge in [-0.2, -0.15) is 0 Å². The third kappa shape index (κ3) is 5.01. The molecule has 116 valence electrons. The lowest BCUT2D eigenvalue weighted by Crippen LogP contribution is -2.16. The zero-order valence-corrected chi connectivity index (χ0v) is 11.1. The van der Waals surface area contributed by atoms with Crippen molar-refractivity contribution < 1.29 is 32.5 Å². The van der Waals surface area contributed by atoms with Crippen LogP contribution in [-0.4, -0.2) is 17.4 Å². The highest BCUT2D eigenvalue weighted by atomic mass is 19.4. The average molecular weight is 312 g/mol. The second-order valence-corrected chi connectivity index (χ2v) is 4.34. The molecule has 2 aromatic carbocycles. The highest BCUT2D eigenvalue weighted by Crippen LogP contribution is 2.27. The first-order valence-electron chi connectivity index (χ1n) is 6.16. The van der Waals surface area contributed by atoms with Crippen molar-refractivity contribution in [2.24, 2.45) is 0 Å². The molecule has 0 amide bonds. The molecule has 1 N–H and O–H groups in total. The Balaban J connectivity index is 2.00. The van der Waals surface area contributed by atoms with Gasteiger partial charge in [0.1, 0.15) is 17.2 Å². The topological polar surface area (TPSA) is 55.8 Å². The molecule has 0 aromatic heterocycles. The predicted molar refractivity (Wildman–Crippen MR) is 71.0 cm³/mol. The number of carboxylic acid groups (broad SMARTS) is 1. The molecular weight excluding hydrogens is 301 g/mol. The Kier molecular flexibility index (Phi) is 4.55. The van der Waals surface area contributed by atoms with Crippen LogP contribution in [-0.2, 0) is 11.2 Å². The number of hydrogen-bond acceptors (Lipinski definition) is 3. The van der Waals surface area contributed by atoms with Gasteiger partial charge in [-0.05, 0) is 42.0 Å². The monoisotopic (exact) mass is 312 g/mol. The van der Waals surface area contributed by atoms with Crippen LogP contribution in [0.1, 0.15) is 5.56 Å².